The van der Waals surface area contributed by atoms with Gasteiger partial charge in [-0.15, -0.1) is 0 Å². The van der Waals surface area contributed by atoms with E-state index in [1.807, 2.05) is 48.5 Å². The molecule has 0 fully saturated rings. The number of ketones is 1. The highest BCUT2D eigenvalue weighted by molar-refractivity contribution is 6.09. The van der Waals surface area contributed by atoms with Gasteiger partial charge in [-0.05, 0) is 53.9 Å². The lowest BCUT2D eigenvalue weighted by Crippen LogP contribution is -2.02. The van der Waals surface area contributed by atoms with E-state index in [-0.39, 0.29) is 5.78 Å². The minimum Gasteiger partial charge on any atom is -0.289 e. The van der Waals surface area contributed by atoms with Crippen molar-refractivity contribution < 1.29 is 4.79 Å². The zero-order valence-electron chi connectivity index (χ0n) is 17.2. The van der Waals surface area contributed by atoms with E-state index in [4.69, 9.17) is 0 Å². The van der Waals surface area contributed by atoms with Gasteiger partial charge in [0.15, 0.2) is 5.78 Å². The third-order valence-electron chi connectivity index (χ3n) is 5.28. The molecule has 0 saturated heterocycles. The molecule has 3 aromatic rings. The second-order valence-electron chi connectivity index (χ2n) is 8.17. The first-order valence-electron chi connectivity index (χ1n) is 10.3. The van der Waals surface area contributed by atoms with E-state index in [9.17, 15) is 4.79 Å². The van der Waals surface area contributed by atoms with Crippen LogP contribution in [0.25, 0.3) is 0 Å². The number of carbonyl (C=O) groups is 1. The molecule has 1 atom stereocenters. The van der Waals surface area contributed by atoms with E-state index >= 15 is 0 Å². The highest BCUT2D eigenvalue weighted by Gasteiger charge is 2.10. The molecule has 3 rings (SSSR count). The Labute approximate surface area is 169 Å². The Bertz CT molecular complexity index is 891. The molecule has 0 radical (unpaired) electrons. The third kappa shape index (κ3) is 5.42. The first kappa shape index (κ1) is 20.1. The molecule has 1 unspecified atom stereocenters. The zero-order valence-corrected chi connectivity index (χ0v) is 17.2. The number of carbonyl (C=O) groups excluding carboxylic acids is 1. The second kappa shape index (κ2) is 9.50. The Kier molecular flexibility index (Phi) is 6.81. The SMILES string of the molecule is CC(C)Cc1ccc(C(C)CCc2cccc(C(=O)c3ccccc3)c2)cc1. The number of benzene rings is 3. The van der Waals surface area contributed by atoms with Crippen molar-refractivity contribution in [3.8, 4) is 0 Å². The molecule has 0 aliphatic heterocycles. The summed E-state index contributed by atoms with van der Waals surface area (Å²) in [6.45, 7) is 6.80. The standard InChI is InChI=1S/C27H30O/c1-20(2)18-23-14-16-24(17-15-23)21(3)12-13-22-8-7-11-26(19-22)27(28)25-9-5-4-6-10-25/h4-11,14-17,19-21H,12-13,18H2,1-3H3. The van der Waals surface area contributed by atoms with Crippen molar-refractivity contribution in [3.63, 3.8) is 0 Å². The summed E-state index contributed by atoms with van der Waals surface area (Å²) in [4.78, 5) is 12.7. The fourth-order valence-electron chi connectivity index (χ4n) is 3.63. The average molecular weight is 371 g/mol. The molecular formula is C27H30O. The number of hydrogen-bond acceptors (Lipinski definition) is 1. The van der Waals surface area contributed by atoms with E-state index in [0.29, 0.717) is 11.8 Å². The van der Waals surface area contributed by atoms with Crippen LogP contribution >= 0.6 is 0 Å². The van der Waals surface area contributed by atoms with E-state index < -0.39 is 0 Å². The van der Waals surface area contributed by atoms with Crippen LogP contribution in [0.1, 0.15) is 65.7 Å². The molecule has 0 bridgehead atoms. The van der Waals surface area contributed by atoms with Gasteiger partial charge in [0, 0.05) is 11.1 Å². The van der Waals surface area contributed by atoms with Crippen LogP contribution < -0.4 is 0 Å². The second-order valence-corrected chi connectivity index (χ2v) is 8.17. The fraction of sp³-hybridized carbons (Fsp3) is 0.296. The van der Waals surface area contributed by atoms with E-state index in [1.165, 1.54) is 16.7 Å². The predicted molar refractivity (Wildman–Crippen MR) is 118 cm³/mol. The summed E-state index contributed by atoms with van der Waals surface area (Å²) in [6, 6.07) is 26.7. The van der Waals surface area contributed by atoms with Gasteiger partial charge in [-0.3, -0.25) is 4.79 Å². The normalized spacial score (nSPS) is 12.1. The third-order valence-corrected chi connectivity index (χ3v) is 5.28. The maximum absolute atomic E-state index is 12.7. The van der Waals surface area contributed by atoms with Gasteiger partial charge in [0.05, 0.1) is 0 Å². The average Bonchev–Trinajstić information content (AvgIpc) is 2.72. The quantitative estimate of drug-likeness (QED) is 0.396. The van der Waals surface area contributed by atoms with E-state index in [1.54, 1.807) is 0 Å². The summed E-state index contributed by atoms with van der Waals surface area (Å²) < 4.78 is 0. The Morgan fingerprint density at radius 2 is 1.43 bits per heavy atom. The first-order valence-corrected chi connectivity index (χ1v) is 10.3. The van der Waals surface area contributed by atoms with Crippen LogP contribution in [0.15, 0.2) is 78.9 Å². The number of hydrogen-bond donors (Lipinski definition) is 0. The molecule has 0 heterocycles. The minimum absolute atomic E-state index is 0.0937. The molecule has 0 saturated carbocycles. The van der Waals surface area contributed by atoms with Gasteiger partial charge < -0.3 is 0 Å². The molecule has 0 aliphatic carbocycles. The van der Waals surface area contributed by atoms with Crippen LogP contribution in [0.4, 0.5) is 0 Å². The molecule has 1 nitrogen and oxygen atoms in total. The van der Waals surface area contributed by atoms with Gasteiger partial charge in [-0.2, -0.15) is 0 Å². The summed E-state index contributed by atoms with van der Waals surface area (Å²) in [5.41, 5.74) is 5.55. The maximum Gasteiger partial charge on any atom is 0.193 e. The summed E-state index contributed by atoms with van der Waals surface area (Å²) in [7, 11) is 0. The lowest BCUT2D eigenvalue weighted by atomic mass is 9.91. The van der Waals surface area contributed by atoms with Gasteiger partial charge in [-0.25, -0.2) is 0 Å². The highest BCUT2D eigenvalue weighted by Crippen LogP contribution is 2.23. The Hall–Kier alpha value is -2.67. The van der Waals surface area contributed by atoms with Gasteiger partial charge in [0.1, 0.15) is 0 Å². The molecular weight excluding hydrogens is 340 g/mol. The molecule has 0 spiro atoms. The van der Waals surface area contributed by atoms with Crippen LogP contribution in [0.3, 0.4) is 0 Å². The maximum atomic E-state index is 12.7. The minimum atomic E-state index is 0.0937. The van der Waals surface area contributed by atoms with Crippen LogP contribution in [0, 0.1) is 5.92 Å². The van der Waals surface area contributed by atoms with Crippen molar-refractivity contribution >= 4 is 5.78 Å². The fourth-order valence-corrected chi connectivity index (χ4v) is 3.63. The largest absolute Gasteiger partial charge is 0.289 e. The zero-order chi connectivity index (χ0) is 19.9. The van der Waals surface area contributed by atoms with Crippen LogP contribution in [0.2, 0.25) is 0 Å². The molecule has 3 aromatic carbocycles. The van der Waals surface area contributed by atoms with Crippen molar-refractivity contribution in [3.05, 3.63) is 107 Å². The van der Waals surface area contributed by atoms with Crippen molar-refractivity contribution in [2.75, 3.05) is 0 Å². The molecule has 144 valence electrons. The molecule has 0 amide bonds. The Balaban J connectivity index is 1.62. The van der Waals surface area contributed by atoms with Crippen molar-refractivity contribution in [2.24, 2.45) is 5.92 Å². The Morgan fingerprint density at radius 1 is 0.750 bits per heavy atom. The van der Waals surface area contributed by atoms with Crippen molar-refractivity contribution in [1.82, 2.24) is 0 Å². The van der Waals surface area contributed by atoms with E-state index in [2.05, 4.69) is 51.1 Å². The summed E-state index contributed by atoms with van der Waals surface area (Å²) >= 11 is 0. The smallest absolute Gasteiger partial charge is 0.193 e. The summed E-state index contributed by atoms with van der Waals surface area (Å²) in [6.07, 6.45) is 3.19. The lowest BCUT2D eigenvalue weighted by molar-refractivity contribution is 0.103. The molecule has 0 aromatic heterocycles. The first-order chi connectivity index (χ1) is 13.5. The number of aryl methyl sites for hydroxylation is 1. The summed E-state index contributed by atoms with van der Waals surface area (Å²) in [5, 5.41) is 0. The Morgan fingerprint density at radius 3 is 2.11 bits per heavy atom. The topological polar surface area (TPSA) is 17.1 Å². The van der Waals surface area contributed by atoms with Crippen molar-refractivity contribution in [1.29, 1.82) is 0 Å². The summed E-state index contributed by atoms with van der Waals surface area (Å²) in [5.74, 6) is 1.28. The van der Waals surface area contributed by atoms with Gasteiger partial charge in [-0.1, -0.05) is 93.6 Å². The predicted octanol–water partition coefficient (Wildman–Crippen LogP) is 6.85. The van der Waals surface area contributed by atoms with Crippen LogP contribution in [-0.2, 0) is 12.8 Å². The van der Waals surface area contributed by atoms with Gasteiger partial charge >= 0.3 is 0 Å². The highest BCUT2D eigenvalue weighted by atomic mass is 16.1. The van der Waals surface area contributed by atoms with Gasteiger partial charge in [0.2, 0.25) is 0 Å². The van der Waals surface area contributed by atoms with E-state index in [0.717, 1.165) is 30.4 Å². The lowest BCUT2D eigenvalue weighted by Gasteiger charge is -2.14. The van der Waals surface area contributed by atoms with Gasteiger partial charge in [0.25, 0.3) is 0 Å². The van der Waals surface area contributed by atoms with Crippen LogP contribution in [0.5, 0.6) is 0 Å². The molecule has 0 N–H and O–H groups in total. The monoisotopic (exact) mass is 370 g/mol. The van der Waals surface area contributed by atoms with Crippen LogP contribution in [-0.4, -0.2) is 5.78 Å². The number of rotatable bonds is 8. The molecule has 0 aliphatic rings. The van der Waals surface area contributed by atoms with Crippen molar-refractivity contribution in [2.45, 2.75) is 46.0 Å². The molecule has 28 heavy (non-hydrogen) atoms. The molecule has 1 heteroatoms.